The molecule has 0 amide bonds. The lowest BCUT2D eigenvalue weighted by atomic mass is 9.33. The van der Waals surface area contributed by atoms with Gasteiger partial charge < -0.3 is 28.7 Å². The maximum absolute atomic E-state index is 2.95. The fraction of sp³-hybridized carbons (Fsp3) is 0.296. The summed E-state index contributed by atoms with van der Waals surface area (Å²) in [5.41, 5.74) is 48.8. The van der Waals surface area contributed by atoms with Crippen LogP contribution in [0.15, 0.2) is 291 Å². The third-order valence-corrected chi connectivity index (χ3v) is 35.2. The summed E-state index contributed by atoms with van der Waals surface area (Å²) >= 11 is 0. The topological polar surface area (TPSA) is 22.8 Å². The SMILES string of the molecule is CC(C)(C)c1ccc(N(c2ccc(C(C)(C)C)cc2)c2cc3c4c(c2)-n2c(-c5ccccc5)c(C(C)(C)C)c5cc(C(C)(C)Cc6ccc(N(c7ccccc7)c7cc8c9c(c7)-n7c%10c(c%11cc(C(C)(C)C)cc(c%117)B9c7cccc9c7N8C7(C)CCCCC97C)C7(c8ccccc8-c8ccccc87)c7ccccc7-%10)cc6)cc(c52)B4c2cccc4c2N3C2(C)CCCCC42C)cc1. The van der Waals surface area contributed by atoms with Gasteiger partial charge in [-0.3, -0.25) is 0 Å². The van der Waals surface area contributed by atoms with Gasteiger partial charge in [0.05, 0.1) is 39.3 Å². The van der Waals surface area contributed by atoms with Gasteiger partial charge in [-0.2, -0.15) is 0 Å². The molecule has 2 fully saturated rings. The fourth-order valence-corrected chi connectivity index (χ4v) is 28.5. The van der Waals surface area contributed by atoms with Gasteiger partial charge in [0.25, 0.3) is 13.4 Å². The number of rotatable bonds is 10. The summed E-state index contributed by atoms with van der Waals surface area (Å²) in [5, 5.41) is 2.71. The summed E-state index contributed by atoms with van der Waals surface area (Å²) in [7, 11) is 0. The fourth-order valence-electron chi connectivity index (χ4n) is 28.5. The zero-order valence-electron chi connectivity index (χ0n) is 80.9. The standard InChI is InChI=1S/C125H120B2N6/c1-116(2,3)78-53-59-84(60-54-78)129(85-61-55-79(56-62-85)117(4,5)6)87-71-102-108-104(74-87)132-115-97(122(16)64-31-33-65-123(122,132)17)48-36-50-99(115)127(108)101-70-81(68-91-106(119(10,11)12)110(130(102)111(91)101)77-37-21-19-22-38-77)120(13,14)75-76-51-57-83(58-52-76)128(82-39-23-20-24-40-82)86-72-103-109-105(73-86)133-114-96(121(15)63-32-34-66-124(121,133)18)47-35-49-98(114)126(109)100-69-80(118(7,8)9)67-92-107-113(131(103)112(92)100)90-43-27-30-46-95(90)125(107)93-44-28-25-41-88(93)89-42-26-29-45-94(89)125/h19-30,35-62,67-74H,31-34,63-66,75H2,1-18H3. The van der Waals surface area contributed by atoms with Gasteiger partial charge in [-0.15, -0.1) is 0 Å². The monoisotopic (exact) mass is 1730 g/mol. The maximum atomic E-state index is 2.95. The molecule has 0 saturated heterocycles. The molecule has 8 heteroatoms. The lowest BCUT2D eigenvalue weighted by molar-refractivity contribution is 0.195. The molecule has 8 heterocycles. The second-order valence-corrected chi connectivity index (χ2v) is 47.1. The van der Waals surface area contributed by atoms with E-state index in [-0.39, 0.29) is 62.4 Å². The van der Waals surface area contributed by atoms with E-state index in [1.165, 1.54) is 220 Å². The van der Waals surface area contributed by atoms with E-state index in [0.717, 1.165) is 60.5 Å². The number of benzene rings is 14. The average molecular weight is 1730 g/mol. The third kappa shape index (κ3) is 10.7. The lowest BCUT2D eigenvalue weighted by Gasteiger charge is -2.52. The van der Waals surface area contributed by atoms with E-state index in [0.29, 0.717) is 0 Å². The van der Waals surface area contributed by atoms with Gasteiger partial charge in [-0.25, -0.2) is 0 Å². The van der Waals surface area contributed by atoms with Crippen molar-refractivity contribution in [2.45, 2.75) is 237 Å². The molecule has 16 aromatic rings. The summed E-state index contributed by atoms with van der Waals surface area (Å²) in [5.74, 6) is 0. The Balaban J connectivity index is 0.670. The number of aromatic nitrogens is 2. The van der Waals surface area contributed by atoms with E-state index < -0.39 is 5.41 Å². The van der Waals surface area contributed by atoms with Crippen molar-refractivity contribution in [3.05, 3.63) is 358 Å². The highest BCUT2D eigenvalue weighted by atomic mass is 15.3. The van der Waals surface area contributed by atoms with Gasteiger partial charge in [0.1, 0.15) is 0 Å². The van der Waals surface area contributed by atoms with Crippen molar-refractivity contribution >= 4 is 125 Å². The highest BCUT2D eigenvalue weighted by Crippen LogP contribution is 2.69. The summed E-state index contributed by atoms with van der Waals surface area (Å²) in [6.45, 7) is 44.3. The van der Waals surface area contributed by atoms with Crippen molar-refractivity contribution < 1.29 is 0 Å². The van der Waals surface area contributed by atoms with Crippen LogP contribution in [0.2, 0.25) is 0 Å². The van der Waals surface area contributed by atoms with Crippen molar-refractivity contribution in [1.82, 2.24) is 9.13 Å². The summed E-state index contributed by atoms with van der Waals surface area (Å²) < 4.78 is 5.63. The highest BCUT2D eigenvalue weighted by molar-refractivity contribution is 7.01. The summed E-state index contributed by atoms with van der Waals surface area (Å²) in [6.07, 6.45) is 10.2. The van der Waals surface area contributed by atoms with Crippen molar-refractivity contribution in [2.75, 3.05) is 19.6 Å². The molecule has 2 saturated carbocycles. The number of nitrogens with zero attached hydrogens (tertiary/aromatic N) is 6. The molecule has 0 bridgehead atoms. The molecule has 6 aliphatic heterocycles. The molecule has 26 rings (SSSR count). The first-order valence-corrected chi connectivity index (χ1v) is 49.8. The molecular formula is C125H120B2N6. The Morgan fingerprint density at radius 3 is 1.19 bits per heavy atom. The van der Waals surface area contributed by atoms with Gasteiger partial charge in [0.15, 0.2) is 0 Å². The number of hydrogen-bond donors (Lipinski definition) is 0. The van der Waals surface area contributed by atoms with Gasteiger partial charge in [-0.05, 0) is 269 Å². The van der Waals surface area contributed by atoms with E-state index in [2.05, 4.69) is 445 Å². The molecule has 0 radical (unpaired) electrons. The minimum atomic E-state index is -0.567. The summed E-state index contributed by atoms with van der Waals surface area (Å²) in [6, 6.07) is 117. The van der Waals surface area contributed by atoms with Crippen LogP contribution in [0.4, 0.5) is 56.9 Å². The summed E-state index contributed by atoms with van der Waals surface area (Å²) in [4.78, 5) is 11.1. The van der Waals surface area contributed by atoms with Crippen molar-refractivity contribution in [1.29, 1.82) is 0 Å². The van der Waals surface area contributed by atoms with E-state index in [1.54, 1.807) is 0 Å². The Bertz CT molecular complexity index is 7600. The van der Waals surface area contributed by atoms with Gasteiger partial charge in [0, 0.05) is 101 Å². The number of para-hydroxylation sites is 3. The van der Waals surface area contributed by atoms with Gasteiger partial charge >= 0.3 is 0 Å². The average Bonchev–Trinajstić information content (AvgIpc) is 1.47. The van der Waals surface area contributed by atoms with Gasteiger partial charge in [0.2, 0.25) is 0 Å². The number of fused-ring (bicyclic) bond motifs is 26. The second-order valence-electron chi connectivity index (χ2n) is 47.1. The van der Waals surface area contributed by atoms with Crippen LogP contribution in [0.1, 0.15) is 243 Å². The number of anilines is 10. The van der Waals surface area contributed by atoms with Crippen LogP contribution in [0.5, 0.6) is 0 Å². The molecule has 2 aromatic heterocycles. The predicted molar refractivity (Wildman–Crippen MR) is 564 cm³/mol. The molecule has 4 unspecified atom stereocenters. The Labute approximate surface area is 788 Å². The van der Waals surface area contributed by atoms with E-state index in [1.807, 2.05) is 0 Å². The Kier molecular flexibility index (Phi) is 16.6. The molecule has 14 aromatic carbocycles. The van der Waals surface area contributed by atoms with Crippen LogP contribution in [-0.4, -0.2) is 33.6 Å². The molecular weight excluding hydrogens is 1610 g/mol. The second kappa shape index (κ2) is 27.2. The first-order valence-electron chi connectivity index (χ1n) is 49.8. The quantitative estimate of drug-likeness (QED) is 0.127. The minimum Gasteiger partial charge on any atom is -0.335 e. The van der Waals surface area contributed by atoms with E-state index in [4.69, 9.17) is 0 Å². The Morgan fingerprint density at radius 1 is 0.316 bits per heavy atom. The van der Waals surface area contributed by atoms with Crippen molar-refractivity contribution in [3.63, 3.8) is 0 Å². The molecule has 656 valence electrons. The minimum absolute atomic E-state index is 0.00928. The molecule has 10 aliphatic rings. The molecule has 4 atom stereocenters. The van der Waals surface area contributed by atoms with Crippen LogP contribution >= 0.6 is 0 Å². The molecule has 0 N–H and O–H groups in total. The van der Waals surface area contributed by atoms with Crippen LogP contribution in [0.3, 0.4) is 0 Å². The Hall–Kier alpha value is -12.5. The highest BCUT2D eigenvalue weighted by Gasteiger charge is 2.65. The van der Waals surface area contributed by atoms with Crippen LogP contribution in [0, 0.1) is 0 Å². The Morgan fingerprint density at radius 2 is 0.707 bits per heavy atom. The lowest BCUT2D eigenvalue weighted by Crippen LogP contribution is -2.64. The molecule has 1 spiro atoms. The van der Waals surface area contributed by atoms with Crippen molar-refractivity contribution in [3.8, 4) is 45.0 Å². The largest absolute Gasteiger partial charge is 0.335 e. The molecule has 4 aliphatic carbocycles. The van der Waals surface area contributed by atoms with Crippen LogP contribution < -0.4 is 52.4 Å². The maximum Gasteiger partial charge on any atom is 0.252 e. The smallest absolute Gasteiger partial charge is 0.252 e. The predicted octanol–water partition coefficient (Wildman–Crippen LogP) is 28.0. The first-order chi connectivity index (χ1) is 63.7. The number of hydrogen-bond acceptors (Lipinski definition) is 4. The molecule has 6 nitrogen and oxygen atoms in total. The first kappa shape index (κ1) is 81.3. The zero-order valence-corrected chi connectivity index (χ0v) is 80.9. The zero-order chi connectivity index (χ0) is 91.0. The van der Waals surface area contributed by atoms with Gasteiger partial charge in [-0.1, -0.05) is 343 Å². The van der Waals surface area contributed by atoms with Crippen LogP contribution in [0.25, 0.3) is 66.8 Å². The third-order valence-electron chi connectivity index (χ3n) is 35.2. The molecule has 133 heavy (non-hydrogen) atoms. The van der Waals surface area contributed by atoms with E-state index >= 15 is 0 Å². The van der Waals surface area contributed by atoms with E-state index in [9.17, 15) is 0 Å². The van der Waals surface area contributed by atoms with Crippen LogP contribution in [-0.2, 0) is 49.7 Å². The normalized spacial score (nSPS) is 20.2. The van der Waals surface area contributed by atoms with Crippen molar-refractivity contribution in [2.24, 2.45) is 0 Å².